The van der Waals surface area contributed by atoms with Crippen molar-refractivity contribution in [2.75, 3.05) is 46.2 Å². The number of nitrogens with one attached hydrogen (secondary N) is 2. The molecule has 0 bridgehead atoms. The Balaban J connectivity index is 0.00000392. The molecule has 0 aliphatic carbocycles. The number of aliphatic imine (C=N–C) groups is 1. The molecule has 1 aliphatic rings. The number of ether oxygens (including phenoxy) is 1. The predicted octanol–water partition coefficient (Wildman–Crippen LogP) is 1.52. The lowest BCUT2D eigenvalue weighted by atomic mass is 10.1. The van der Waals surface area contributed by atoms with Crippen LogP contribution in [-0.4, -0.2) is 77.5 Å². The van der Waals surface area contributed by atoms with Gasteiger partial charge in [-0.1, -0.05) is 12.1 Å². The number of hydrogen-bond acceptors (Lipinski definition) is 5. The monoisotopic (exact) mass is 524 g/mol. The first-order valence-corrected chi connectivity index (χ1v) is 11.3. The highest BCUT2D eigenvalue weighted by atomic mass is 127. The lowest BCUT2D eigenvalue weighted by Gasteiger charge is -2.38. The van der Waals surface area contributed by atoms with E-state index in [9.17, 15) is 8.42 Å². The van der Waals surface area contributed by atoms with Gasteiger partial charge >= 0.3 is 0 Å². The van der Waals surface area contributed by atoms with Crippen LogP contribution in [0, 0.1) is 0 Å². The van der Waals surface area contributed by atoms with E-state index in [0.29, 0.717) is 17.0 Å². The van der Waals surface area contributed by atoms with E-state index in [1.807, 2.05) is 12.1 Å². The number of halogens is 1. The topological polar surface area (TPSA) is 83.0 Å². The molecule has 0 saturated carbocycles. The van der Waals surface area contributed by atoms with Crippen LogP contribution in [0.2, 0.25) is 0 Å². The first-order valence-electron chi connectivity index (χ1n) is 9.38. The Hall–Kier alpha value is -0.910. The van der Waals surface area contributed by atoms with Crippen molar-refractivity contribution in [3.8, 4) is 0 Å². The first-order chi connectivity index (χ1) is 12.8. The molecular weight excluding hydrogens is 491 g/mol. The van der Waals surface area contributed by atoms with Crippen LogP contribution in [0.5, 0.6) is 0 Å². The fraction of sp³-hybridized carbons (Fsp3) is 0.632. The molecular formula is C19H33IN4O3S. The SMILES string of the molecule is CN=C(NCCc1ccc(S(C)(=O)=O)cc1)NCC(C)N1CCOCC1C.I. The molecule has 0 radical (unpaired) electrons. The number of rotatable bonds is 7. The van der Waals surface area contributed by atoms with E-state index in [0.717, 1.165) is 50.8 Å². The third-order valence-electron chi connectivity index (χ3n) is 4.83. The zero-order chi connectivity index (χ0) is 19.9. The molecule has 2 atom stereocenters. The predicted molar refractivity (Wildman–Crippen MR) is 124 cm³/mol. The smallest absolute Gasteiger partial charge is 0.191 e. The highest BCUT2D eigenvalue weighted by molar-refractivity contribution is 14.0. The van der Waals surface area contributed by atoms with Crippen LogP contribution in [0.25, 0.3) is 0 Å². The van der Waals surface area contributed by atoms with Gasteiger partial charge in [0.15, 0.2) is 15.8 Å². The minimum atomic E-state index is -3.14. The molecule has 0 spiro atoms. The zero-order valence-corrected chi connectivity index (χ0v) is 20.3. The van der Waals surface area contributed by atoms with Gasteiger partial charge in [-0.05, 0) is 38.0 Å². The van der Waals surface area contributed by atoms with Gasteiger partial charge in [0, 0.05) is 45.0 Å². The molecule has 2 N–H and O–H groups in total. The summed E-state index contributed by atoms with van der Waals surface area (Å²) in [7, 11) is -1.38. The third kappa shape index (κ3) is 7.84. The van der Waals surface area contributed by atoms with E-state index < -0.39 is 9.84 Å². The van der Waals surface area contributed by atoms with Crippen molar-refractivity contribution in [3.63, 3.8) is 0 Å². The summed E-state index contributed by atoms with van der Waals surface area (Å²) < 4.78 is 28.5. The summed E-state index contributed by atoms with van der Waals surface area (Å²) in [6.45, 7) is 8.48. The van der Waals surface area contributed by atoms with Crippen LogP contribution in [0.4, 0.5) is 0 Å². The maximum absolute atomic E-state index is 11.5. The Bertz CT molecular complexity index is 725. The number of hydrogen-bond donors (Lipinski definition) is 2. The number of benzene rings is 1. The van der Waals surface area contributed by atoms with E-state index >= 15 is 0 Å². The van der Waals surface area contributed by atoms with Crippen molar-refractivity contribution in [2.24, 2.45) is 4.99 Å². The molecule has 0 aromatic heterocycles. The van der Waals surface area contributed by atoms with E-state index in [-0.39, 0.29) is 24.0 Å². The second-order valence-corrected chi connectivity index (χ2v) is 9.07. The molecule has 2 unspecified atom stereocenters. The molecule has 1 heterocycles. The van der Waals surface area contributed by atoms with Gasteiger partial charge in [-0.3, -0.25) is 9.89 Å². The van der Waals surface area contributed by atoms with Crippen LogP contribution in [0.15, 0.2) is 34.2 Å². The number of morpholine rings is 1. The molecule has 0 amide bonds. The van der Waals surface area contributed by atoms with Gasteiger partial charge in [0.25, 0.3) is 0 Å². The fourth-order valence-corrected chi connectivity index (χ4v) is 3.84. The zero-order valence-electron chi connectivity index (χ0n) is 17.1. The van der Waals surface area contributed by atoms with Crippen molar-refractivity contribution >= 4 is 39.8 Å². The maximum atomic E-state index is 11.5. The number of nitrogens with zero attached hydrogens (tertiary/aromatic N) is 2. The Morgan fingerprint density at radius 1 is 1.32 bits per heavy atom. The molecule has 1 saturated heterocycles. The molecule has 1 aromatic carbocycles. The van der Waals surface area contributed by atoms with Gasteiger partial charge in [-0.25, -0.2) is 8.42 Å². The van der Waals surface area contributed by atoms with Gasteiger partial charge in [0.1, 0.15) is 0 Å². The minimum absolute atomic E-state index is 0. The number of guanidine groups is 1. The molecule has 9 heteroatoms. The van der Waals surface area contributed by atoms with Gasteiger partial charge in [-0.2, -0.15) is 0 Å². The standard InChI is InChI=1S/C19H32N4O3S.HI/c1-15(23-11-12-26-14-16(23)2)13-22-19(20-3)21-10-9-17-5-7-18(8-6-17)27(4,24)25;/h5-8,15-16H,9-14H2,1-4H3,(H2,20,21,22);1H. The summed E-state index contributed by atoms with van der Waals surface area (Å²) in [5.74, 6) is 0.774. The van der Waals surface area contributed by atoms with E-state index in [2.05, 4.69) is 34.4 Å². The van der Waals surface area contributed by atoms with Gasteiger partial charge in [0.05, 0.1) is 18.1 Å². The second-order valence-electron chi connectivity index (χ2n) is 7.06. The number of sulfone groups is 1. The highest BCUT2D eigenvalue weighted by Gasteiger charge is 2.23. The lowest BCUT2D eigenvalue weighted by molar-refractivity contribution is -0.0174. The van der Waals surface area contributed by atoms with Gasteiger partial charge in [-0.15, -0.1) is 24.0 Å². The summed E-state index contributed by atoms with van der Waals surface area (Å²) in [4.78, 5) is 7.08. The molecule has 1 aliphatic heterocycles. The summed E-state index contributed by atoms with van der Waals surface area (Å²) >= 11 is 0. The van der Waals surface area contributed by atoms with Crippen LogP contribution >= 0.6 is 24.0 Å². The van der Waals surface area contributed by atoms with Crippen LogP contribution in [0.1, 0.15) is 19.4 Å². The summed E-state index contributed by atoms with van der Waals surface area (Å²) in [5, 5.41) is 6.69. The Morgan fingerprint density at radius 3 is 2.57 bits per heavy atom. The van der Waals surface area contributed by atoms with E-state index in [1.165, 1.54) is 6.26 Å². The van der Waals surface area contributed by atoms with Gasteiger partial charge in [0.2, 0.25) is 0 Å². The van der Waals surface area contributed by atoms with Crippen LogP contribution in [0.3, 0.4) is 0 Å². The molecule has 2 rings (SSSR count). The summed E-state index contributed by atoms with van der Waals surface area (Å²) in [6, 6.07) is 7.85. The average Bonchev–Trinajstić information content (AvgIpc) is 2.64. The third-order valence-corrected chi connectivity index (χ3v) is 5.96. The van der Waals surface area contributed by atoms with Crippen molar-refractivity contribution in [3.05, 3.63) is 29.8 Å². The van der Waals surface area contributed by atoms with Crippen LogP contribution in [-0.2, 0) is 21.0 Å². The molecule has 1 fully saturated rings. The van der Waals surface area contributed by atoms with Gasteiger partial charge < -0.3 is 15.4 Å². The maximum Gasteiger partial charge on any atom is 0.191 e. The molecule has 1 aromatic rings. The summed E-state index contributed by atoms with van der Waals surface area (Å²) in [6.07, 6.45) is 2.01. The lowest BCUT2D eigenvalue weighted by Crippen LogP contribution is -2.53. The fourth-order valence-electron chi connectivity index (χ4n) is 3.21. The average molecular weight is 524 g/mol. The normalized spacial score (nSPS) is 19.6. The Kier molecular flexibility index (Phi) is 10.7. The highest BCUT2D eigenvalue weighted by Crippen LogP contribution is 2.11. The molecule has 7 nitrogen and oxygen atoms in total. The summed E-state index contributed by atoms with van der Waals surface area (Å²) in [5.41, 5.74) is 1.08. The van der Waals surface area contributed by atoms with Crippen LogP contribution < -0.4 is 10.6 Å². The molecule has 160 valence electrons. The first kappa shape index (κ1) is 25.1. The van der Waals surface area contributed by atoms with Crippen molar-refractivity contribution in [1.82, 2.24) is 15.5 Å². The second kappa shape index (κ2) is 11.9. The van der Waals surface area contributed by atoms with Crippen molar-refractivity contribution < 1.29 is 13.2 Å². The van der Waals surface area contributed by atoms with Crippen molar-refractivity contribution in [1.29, 1.82) is 0 Å². The quantitative estimate of drug-likeness (QED) is 0.320. The van der Waals surface area contributed by atoms with E-state index in [4.69, 9.17) is 4.74 Å². The van der Waals surface area contributed by atoms with E-state index in [1.54, 1.807) is 19.2 Å². The van der Waals surface area contributed by atoms with Crippen molar-refractivity contribution in [2.45, 2.75) is 37.2 Å². The minimum Gasteiger partial charge on any atom is -0.379 e. The largest absolute Gasteiger partial charge is 0.379 e. The Morgan fingerprint density at radius 2 is 2.00 bits per heavy atom. The Labute approximate surface area is 186 Å². The molecule has 28 heavy (non-hydrogen) atoms.